The topological polar surface area (TPSA) is 67.8 Å². The zero-order valence-electron chi connectivity index (χ0n) is 17.0. The summed E-state index contributed by atoms with van der Waals surface area (Å²) in [4.78, 5) is 12.5. The Bertz CT molecular complexity index is 826. The van der Waals surface area contributed by atoms with Gasteiger partial charge in [0.15, 0.2) is 0 Å². The molecule has 2 atom stereocenters. The van der Waals surface area contributed by atoms with Gasteiger partial charge in [0.25, 0.3) is 0 Å². The number of hydrogen-bond acceptors (Lipinski definition) is 5. The van der Waals surface area contributed by atoms with Crippen molar-refractivity contribution in [3.05, 3.63) is 64.7 Å². The van der Waals surface area contributed by atoms with Crippen molar-refractivity contribution in [2.75, 3.05) is 7.11 Å². The van der Waals surface area contributed by atoms with Crippen LogP contribution in [0.2, 0.25) is 0 Å². The third-order valence-electron chi connectivity index (χ3n) is 4.96. The molecule has 0 saturated heterocycles. The maximum Gasteiger partial charge on any atom is 0.341 e. The molecule has 5 nitrogen and oxygen atoms in total. The summed E-state index contributed by atoms with van der Waals surface area (Å²) in [7, 11) is 1.37. The summed E-state index contributed by atoms with van der Waals surface area (Å²) in [5, 5.41) is 14.4. The largest absolute Gasteiger partial charge is 0.488 e. The van der Waals surface area contributed by atoms with Crippen LogP contribution in [0, 0.1) is 0 Å². The molecule has 0 fully saturated rings. The minimum Gasteiger partial charge on any atom is -0.488 e. The highest BCUT2D eigenvalue weighted by atomic mass is 16.5. The van der Waals surface area contributed by atoms with E-state index >= 15 is 0 Å². The number of methoxy groups -OCH3 is 1. The first-order valence-corrected chi connectivity index (χ1v) is 9.66. The molecule has 0 spiro atoms. The summed E-state index contributed by atoms with van der Waals surface area (Å²) in [5.41, 5.74) is 2.92. The van der Waals surface area contributed by atoms with E-state index in [1.54, 1.807) is 6.07 Å². The molecule has 0 aliphatic heterocycles. The number of hydrogen-bond donors (Lipinski definition) is 2. The lowest BCUT2D eigenvalue weighted by Gasteiger charge is -2.36. The van der Waals surface area contributed by atoms with Gasteiger partial charge in [0, 0.05) is 11.6 Å². The van der Waals surface area contributed by atoms with Gasteiger partial charge in [-0.3, -0.25) is 0 Å². The second kappa shape index (κ2) is 8.33. The number of aliphatic hydroxyl groups is 1. The Morgan fingerprint density at radius 1 is 1.18 bits per heavy atom. The molecular formula is C23H29NO4. The summed E-state index contributed by atoms with van der Waals surface area (Å²) in [6.07, 6.45) is 0.722. The number of aliphatic hydroxyl groups excluding tert-OH is 1. The molecule has 0 aromatic heterocycles. The molecule has 1 aliphatic rings. The van der Waals surface area contributed by atoms with E-state index in [0.717, 1.165) is 23.1 Å². The van der Waals surface area contributed by atoms with Crippen LogP contribution in [0.15, 0.2) is 42.5 Å². The Morgan fingerprint density at radius 2 is 1.89 bits per heavy atom. The highest BCUT2D eigenvalue weighted by Gasteiger charge is 2.34. The van der Waals surface area contributed by atoms with E-state index in [-0.39, 0.29) is 11.6 Å². The fourth-order valence-corrected chi connectivity index (χ4v) is 3.75. The molecule has 0 bridgehead atoms. The van der Waals surface area contributed by atoms with Gasteiger partial charge in [-0.15, -0.1) is 0 Å². The van der Waals surface area contributed by atoms with E-state index in [0.29, 0.717) is 24.3 Å². The molecule has 0 unspecified atom stereocenters. The number of benzene rings is 2. The van der Waals surface area contributed by atoms with Gasteiger partial charge in [0.1, 0.15) is 17.9 Å². The summed E-state index contributed by atoms with van der Waals surface area (Å²) in [6.45, 7) is 6.60. The fourth-order valence-electron chi connectivity index (χ4n) is 3.75. The molecule has 2 aromatic rings. The van der Waals surface area contributed by atoms with Crippen molar-refractivity contribution in [3.8, 4) is 5.75 Å². The van der Waals surface area contributed by atoms with Crippen molar-refractivity contribution in [3.63, 3.8) is 0 Å². The lowest BCUT2D eigenvalue weighted by atomic mass is 9.82. The first kappa shape index (κ1) is 20.4. The first-order valence-electron chi connectivity index (χ1n) is 9.66. The molecule has 1 aliphatic carbocycles. The van der Waals surface area contributed by atoms with Gasteiger partial charge < -0.3 is 19.9 Å². The van der Waals surface area contributed by atoms with Crippen LogP contribution in [0.1, 0.15) is 60.3 Å². The number of esters is 1. The Balaban J connectivity index is 1.91. The maximum atomic E-state index is 12.5. The SMILES string of the molecule is COC(=O)c1c(OCc2ccccc2)ccc2c1CC[C@H](NC(C)(C)C)[C@@H]2O. The van der Waals surface area contributed by atoms with Crippen LogP contribution in [0.25, 0.3) is 0 Å². The third-order valence-corrected chi connectivity index (χ3v) is 4.96. The van der Waals surface area contributed by atoms with E-state index in [4.69, 9.17) is 9.47 Å². The Morgan fingerprint density at radius 3 is 2.54 bits per heavy atom. The summed E-state index contributed by atoms with van der Waals surface area (Å²) in [5.74, 6) is 0.0539. The van der Waals surface area contributed by atoms with Crippen molar-refractivity contribution in [2.24, 2.45) is 0 Å². The van der Waals surface area contributed by atoms with Crippen LogP contribution in [0.5, 0.6) is 5.75 Å². The van der Waals surface area contributed by atoms with Gasteiger partial charge in [0.05, 0.1) is 13.2 Å². The average Bonchev–Trinajstić information content (AvgIpc) is 2.67. The van der Waals surface area contributed by atoms with E-state index in [1.165, 1.54) is 7.11 Å². The monoisotopic (exact) mass is 383 g/mol. The van der Waals surface area contributed by atoms with Crippen LogP contribution in [0.4, 0.5) is 0 Å². The molecule has 0 amide bonds. The number of carbonyl (C=O) groups excluding carboxylic acids is 1. The standard InChI is InChI=1S/C23H29NO4/c1-23(2,3)24-18-12-10-16-17(21(18)25)11-13-19(20(16)22(26)27-4)28-14-15-8-6-5-7-9-15/h5-9,11,13,18,21,24-25H,10,12,14H2,1-4H3/t18-,21+/m0/s1. The quantitative estimate of drug-likeness (QED) is 0.769. The highest BCUT2D eigenvalue weighted by molar-refractivity contribution is 5.94. The Kier molecular flexibility index (Phi) is 6.06. The lowest BCUT2D eigenvalue weighted by molar-refractivity contribution is 0.0590. The van der Waals surface area contributed by atoms with Crippen LogP contribution < -0.4 is 10.1 Å². The number of carbonyl (C=O) groups is 1. The van der Waals surface area contributed by atoms with Crippen LogP contribution in [-0.4, -0.2) is 29.8 Å². The third kappa shape index (κ3) is 4.54. The normalized spacial score (nSPS) is 19.0. The van der Waals surface area contributed by atoms with Crippen LogP contribution in [0.3, 0.4) is 0 Å². The molecule has 28 heavy (non-hydrogen) atoms. The lowest BCUT2D eigenvalue weighted by Crippen LogP contribution is -2.48. The van der Waals surface area contributed by atoms with Crippen molar-refractivity contribution in [1.29, 1.82) is 0 Å². The summed E-state index contributed by atoms with van der Waals surface area (Å²) in [6, 6.07) is 13.4. The van der Waals surface area contributed by atoms with Crippen LogP contribution >= 0.6 is 0 Å². The molecule has 150 valence electrons. The maximum absolute atomic E-state index is 12.5. The van der Waals surface area contributed by atoms with E-state index in [9.17, 15) is 9.90 Å². The van der Waals surface area contributed by atoms with E-state index < -0.39 is 12.1 Å². The molecule has 0 heterocycles. The number of nitrogens with one attached hydrogen (secondary N) is 1. The van der Waals surface area contributed by atoms with Crippen molar-refractivity contribution in [2.45, 2.75) is 57.9 Å². The molecule has 3 rings (SSSR count). The minimum absolute atomic E-state index is 0.0610. The van der Waals surface area contributed by atoms with Gasteiger partial charge in [0.2, 0.25) is 0 Å². The molecule has 5 heteroatoms. The molecule has 2 N–H and O–H groups in total. The van der Waals surface area contributed by atoms with Gasteiger partial charge in [-0.1, -0.05) is 36.4 Å². The Labute approximate surface area is 166 Å². The Hall–Kier alpha value is -2.37. The van der Waals surface area contributed by atoms with Gasteiger partial charge in [-0.25, -0.2) is 4.79 Å². The predicted molar refractivity (Wildman–Crippen MR) is 109 cm³/mol. The van der Waals surface area contributed by atoms with Gasteiger partial charge >= 0.3 is 5.97 Å². The van der Waals surface area contributed by atoms with Crippen LogP contribution in [-0.2, 0) is 17.8 Å². The first-order chi connectivity index (χ1) is 13.3. The number of fused-ring (bicyclic) bond motifs is 1. The fraction of sp³-hybridized carbons (Fsp3) is 0.435. The van der Waals surface area contributed by atoms with Crippen molar-refractivity contribution < 1.29 is 19.4 Å². The summed E-state index contributed by atoms with van der Waals surface area (Å²) >= 11 is 0. The molecule has 0 saturated carbocycles. The van der Waals surface area contributed by atoms with Crippen molar-refractivity contribution in [1.82, 2.24) is 5.32 Å². The summed E-state index contributed by atoms with van der Waals surface area (Å²) < 4.78 is 11.0. The minimum atomic E-state index is -0.686. The van der Waals surface area contributed by atoms with Gasteiger partial charge in [-0.2, -0.15) is 0 Å². The second-order valence-electron chi connectivity index (χ2n) is 8.26. The average molecular weight is 383 g/mol. The zero-order valence-corrected chi connectivity index (χ0v) is 17.0. The second-order valence-corrected chi connectivity index (χ2v) is 8.26. The molecular weight excluding hydrogens is 354 g/mol. The van der Waals surface area contributed by atoms with E-state index in [1.807, 2.05) is 36.4 Å². The molecule has 2 aromatic carbocycles. The smallest absolute Gasteiger partial charge is 0.341 e. The highest BCUT2D eigenvalue weighted by Crippen LogP contribution is 2.37. The molecule has 0 radical (unpaired) electrons. The number of rotatable bonds is 5. The van der Waals surface area contributed by atoms with Gasteiger partial charge in [-0.05, 0) is 56.4 Å². The predicted octanol–water partition coefficient (Wildman–Crippen LogP) is 3.79. The van der Waals surface area contributed by atoms with Crippen molar-refractivity contribution >= 4 is 5.97 Å². The zero-order chi connectivity index (χ0) is 20.3. The van der Waals surface area contributed by atoms with E-state index in [2.05, 4.69) is 26.1 Å². The number of ether oxygens (including phenoxy) is 2.